The molecule has 0 spiro atoms. The molecule has 2 aromatic heterocycles. The summed E-state index contributed by atoms with van der Waals surface area (Å²) < 4.78 is 42.8. The van der Waals surface area contributed by atoms with Crippen molar-refractivity contribution in [2.45, 2.75) is 50.7 Å². The van der Waals surface area contributed by atoms with Crippen molar-refractivity contribution < 1.29 is 28.2 Å². The lowest BCUT2D eigenvalue weighted by atomic mass is 9.68. The van der Waals surface area contributed by atoms with Crippen molar-refractivity contribution in [3.63, 3.8) is 0 Å². The number of hydrogen-bond donors (Lipinski definition) is 2. The molecular weight excluding hydrogens is 445 g/mol. The number of hydrogen-bond acceptors (Lipinski definition) is 5. The third kappa shape index (κ3) is 4.48. The Bertz CT molecular complexity index is 1200. The molecule has 1 fully saturated rings. The molecule has 0 unspecified atom stereocenters. The van der Waals surface area contributed by atoms with E-state index in [2.05, 4.69) is 9.97 Å². The number of Topliss-reactive ketones (excluding diaryl/α,β-unsaturated/α-hetero) is 1. The number of nitrogens with zero attached hydrogens (tertiary/aromatic N) is 2. The summed E-state index contributed by atoms with van der Waals surface area (Å²) >= 11 is 0. The van der Waals surface area contributed by atoms with Crippen molar-refractivity contribution in [1.29, 1.82) is 0 Å². The quantitative estimate of drug-likeness (QED) is 0.532. The Hall–Kier alpha value is -3.10. The first-order chi connectivity index (χ1) is 16.1. The molecule has 1 aliphatic rings. The molecule has 178 valence electrons. The van der Waals surface area contributed by atoms with Crippen molar-refractivity contribution in [3.8, 4) is 11.3 Å². The fraction of sp³-hybridized carbons (Fsp3) is 0.346. The number of carbonyl (C=O) groups is 1. The van der Waals surface area contributed by atoms with Gasteiger partial charge in [0.25, 0.3) is 0 Å². The summed E-state index contributed by atoms with van der Waals surface area (Å²) in [4.78, 5) is 21.1. The molecule has 0 saturated heterocycles. The normalized spacial score (nSPS) is 24.7. The third-order valence-corrected chi connectivity index (χ3v) is 6.88. The third-order valence-electron chi connectivity index (χ3n) is 6.88. The molecule has 0 aliphatic heterocycles. The Kier molecular flexibility index (Phi) is 6.55. The van der Waals surface area contributed by atoms with Crippen LogP contribution >= 0.6 is 0 Å². The molecule has 0 bridgehead atoms. The zero-order valence-electron chi connectivity index (χ0n) is 18.8. The monoisotopic (exact) mass is 470 g/mol. The molecule has 0 amide bonds. The van der Waals surface area contributed by atoms with Crippen molar-refractivity contribution in [1.82, 2.24) is 9.97 Å². The van der Waals surface area contributed by atoms with Gasteiger partial charge in [-0.15, -0.1) is 0 Å². The van der Waals surface area contributed by atoms with E-state index in [4.69, 9.17) is 0 Å². The number of carbonyl (C=O) groups excluding carboxylic acids is 1. The first-order valence-electron chi connectivity index (χ1n) is 11.1. The first-order valence-corrected chi connectivity index (χ1v) is 11.1. The Morgan fingerprint density at radius 3 is 2.47 bits per heavy atom. The van der Waals surface area contributed by atoms with E-state index in [-0.39, 0.29) is 24.0 Å². The summed E-state index contributed by atoms with van der Waals surface area (Å²) in [6, 6.07) is 7.07. The van der Waals surface area contributed by atoms with Crippen LogP contribution in [0.25, 0.3) is 11.3 Å². The summed E-state index contributed by atoms with van der Waals surface area (Å²) in [6.07, 6.45) is 3.06. The zero-order valence-corrected chi connectivity index (χ0v) is 18.8. The van der Waals surface area contributed by atoms with Crippen LogP contribution in [0.15, 0.2) is 48.8 Å². The fourth-order valence-electron chi connectivity index (χ4n) is 4.60. The average molecular weight is 470 g/mol. The number of rotatable bonds is 5. The number of aliphatic hydroxyl groups excluding tert-OH is 1. The van der Waals surface area contributed by atoms with Crippen LogP contribution in [0.5, 0.6) is 0 Å². The molecule has 1 aromatic carbocycles. The average Bonchev–Trinajstić information content (AvgIpc) is 2.79. The number of pyridine rings is 2. The van der Waals surface area contributed by atoms with Gasteiger partial charge in [0.05, 0.1) is 17.3 Å². The van der Waals surface area contributed by atoms with E-state index in [0.717, 1.165) is 29.8 Å². The number of halogens is 3. The van der Waals surface area contributed by atoms with E-state index < -0.39 is 46.2 Å². The Morgan fingerprint density at radius 2 is 1.79 bits per heavy atom. The lowest BCUT2D eigenvalue weighted by Crippen LogP contribution is -2.49. The summed E-state index contributed by atoms with van der Waals surface area (Å²) in [7, 11) is 0. The van der Waals surface area contributed by atoms with Crippen molar-refractivity contribution >= 4 is 5.78 Å². The van der Waals surface area contributed by atoms with Crippen LogP contribution < -0.4 is 0 Å². The highest BCUT2D eigenvalue weighted by Gasteiger charge is 2.43. The molecule has 4 atom stereocenters. The highest BCUT2D eigenvalue weighted by atomic mass is 19.1. The van der Waals surface area contributed by atoms with Gasteiger partial charge in [-0.25, -0.2) is 18.2 Å². The summed E-state index contributed by atoms with van der Waals surface area (Å²) in [6.45, 7) is 3.49. The second-order valence-corrected chi connectivity index (χ2v) is 9.11. The van der Waals surface area contributed by atoms with Gasteiger partial charge in [0.15, 0.2) is 5.78 Å². The summed E-state index contributed by atoms with van der Waals surface area (Å²) in [5, 5.41) is 21.0. The largest absolute Gasteiger partial charge is 0.390 e. The minimum Gasteiger partial charge on any atom is -0.390 e. The molecule has 8 heteroatoms. The van der Waals surface area contributed by atoms with Gasteiger partial charge in [0, 0.05) is 18.8 Å². The highest BCUT2D eigenvalue weighted by Crippen LogP contribution is 2.42. The van der Waals surface area contributed by atoms with Crippen molar-refractivity contribution in [2.24, 2.45) is 5.92 Å². The van der Waals surface area contributed by atoms with E-state index in [1.54, 1.807) is 25.4 Å². The molecule has 0 radical (unpaired) electrons. The van der Waals surface area contributed by atoms with Gasteiger partial charge in [-0.05, 0) is 73.1 Å². The smallest absolute Gasteiger partial charge is 0.185 e. The highest BCUT2D eigenvalue weighted by molar-refractivity contribution is 5.96. The maximum atomic E-state index is 14.4. The molecule has 34 heavy (non-hydrogen) atoms. The maximum Gasteiger partial charge on any atom is 0.185 e. The van der Waals surface area contributed by atoms with Crippen LogP contribution in [-0.2, 0) is 6.42 Å². The molecule has 2 N–H and O–H groups in total. The van der Waals surface area contributed by atoms with Crippen LogP contribution in [0.2, 0.25) is 0 Å². The Balaban J connectivity index is 1.63. The van der Waals surface area contributed by atoms with E-state index in [1.165, 1.54) is 6.07 Å². The molecule has 1 saturated carbocycles. The van der Waals surface area contributed by atoms with E-state index >= 15 is 0 Å². The number of benzene rings is 1. The van der Waals surface area contributed by atoms with Gasteiger partial charge in [-0.2, -0.15) is 0 Å². The van der Waals surface area contributed by atoms with Crippen LogP contribution in [0, 0.1) is 23.4 Å². The Morgan fingerprint density at radius 1 is 1.09 bits per heavy atom. The van der Waals surface area contributed by atoms with Gasteiger partial charge in [-0.3, -0.25) is 9.78 Å². The molecule has 3 aromatic rings. The standard InChI is InChI=1S/C26H25F3N2O3/c1-14-10-15(12-23(33)26(14,2)34)17-8-9-30-13-16(17)11-22(32)21-7-6-20(29)25(31-21)24-18(27)4-3-5-19(24)28/h3-9,13-15,23,33-34H,10-12H2,1-2H3/t14-,15+,23+,26+/m1/s1. The van der Waals surface area contributed by atoms with Gasteiger partial charge >= 0.3 is 0 Å². The molecular formula is C26H25F3N2O3. The van der Waals surface area contributed by atoms with Gasteiger partial charge in [0.2, 0.25) is 0 Å². The van der Waals surface area contributed by atoms with Crippen molar-refractivity contribution in [3.05, 3.63) is 83.1 Å². The SMILES string of the molecule is C[C@@H]1C[C@H](c2ccncc2CC(=O)c2ccc(F)c(-c3c(F)cccc3F)n2)C[C@H](O)[C@@]1(C)O. The predicted octanol–water partition coefficient (Wildman–Crippen LogP) is 4.61. The van der Waals surface area contributed by atoms with Gasteiger partial charge in [0.1, 0.15) is 28.8 Å². The van der Waals surface area contributed by atoms with Gasteiger partial charge < -0.3 is 10.2 Å². The van der Waals surface area contributed by atoms with Crippen LogP contribution in [0.1, 0.15) is 54.2 Å². The van der Waals surface area contributed by atoms with Crippen LogP contribution in [0.3, 0.4) is 0 Å². The zero-order chi connectivity index (χ0) is 24.6. The molecule has 1 aliphatic carbocycles. The summed E-state index contributed by atoms with van der Waals surface area (Å²) in [5.74, 6) is -3.64. The van der Waals surface area contributed by atoms with E-state index in [9.17, 15) is 28.2 Å². The number of aliphatic hydroxyl groups is 2. The minimum atomic E-state index is -1.20. The molecule has 4 rings (SSSR count). The first kappa shape index (κ1) is 24.0. The van der Waals surface area contributed by atoms with E-state index in [1.807, 2.05) is 6.92 Å². The predicted molar refractivity (Wildman–Crippen MR) is 120 cm³/mol. The summed E-state index contributed by atoms with van der Waals surface area (Å²) in [5.41, 5.74) is -1.09. The number of aromatic nitrogens is 2. The second-order valence-electron chi connectivity index (χ2n) is 9.11. The molecule has 5 nitrogen and oxygen atoms in total. The lowest BCUT2D eigenvalue weighted by Gasteiger charge is -2.43. The van der Waals surface area contributed by atoms with Crippen molar-refractivity contribution in [2.75, 3.05) is 0 Å². The lowest BCUT2D eigenvalue weighted by molar-refractivity contribution is -0.123. The maximum absolute atomic E-state index is 14.4. The Labute approximate surface area is 195 Å². The minimum absolute atomic E-state index is 0.0970. The van der Waals surface area contributed by atoms with Crippen LogP contribution in [-0.4, -0.2) is 37.7 Å². The second kappa shape index (κ2) is 9.27. The number of ketones is 1. The van der Waals surface area contributed by atoms with Crippen LogP contribution in [0.4, 0.5) is 13.2 Å². The van der Waals surface area contributed by atoms with Gasteiger partial charge in [-0.1, -0.05) is 13.0 Å². The van der Waals surface area contributed by atoms with E-state index in [0.29, 0.717) is 18.4 Å². The fourth-order valence-corrected chi connectivity index (χ4v) is 4.60. The topological polar surface area (TPSA) is 83.3 Å². The molecule has 2 heterocycles.